The molecule has 2 aromatic carbocycles. The molecule has 0 unspecified atom stereocenters. The molecule has 1 atom stereocenters. The van der Waals surface area contributed by atoms with Gasteiger partial charge in [0.25, 0.3) is 11.8 Å². The van der Waals surface area contributed by atoms with Gasteiger partial charge < -0.3 is 16.4 Å². The highest BCUT2D eigenvalue weighted by Gasteiger charge is 2.15. The maximum atomic E-state index is 12.4. The summed E-state index contributed by atoms with van der Waals surface area (Å²) in [4.78, 5) is 37.4. The van der Waals surface area contributed by atoms with Gasteiger partial charge in [0.2, 0.25) is 0 Å². The average Bonchev–Trinajstić information content (AvgIpc) is 3.20. The van der Waals surface area contributed by atoms with E-state index in [0.29, 0.717) is 32.8 Å². The van der Waals surface area contributed by atoms with Gasteiger partial charge in [-0.05, 0) is 43.7 Å². The standard InChI is InChI=1S/C22H20N6O2S/c1-12(27-21-17-8-4-7-16(20(23)29)19(17)25-11-26-21)14-5-3-6-15(9-14)28-22(30)18-10-24-13(2)31-18/h3-12H,1-2H3,(H2,23,29)(H,28,30)(H,25,26,27)/t12-/m1/s1. The summed E-state index contributed by atoms with van der Waals surface area (Å²) >= 11 is 1.35. The first kappa shape index (κ1) is 20.4. The van der Waals surface area contributed by atoms with Crippen molar-refractivity contribution in [3.05, 3.63) is 76.0 Å². The van der Waals surface area contributed by atoms with Crippen LogP contribution in [0.5, 0.6) is 0 Å². The van der Waals surface area contributed by atoms with Crippen molar-refractivity contribution in [2.75, 3.05) is 10.6 Å². The third-order valence-corrected chi connectivity index (χ3v) is 5.68. The Hall–Kier alpha value is -3.85. The van der Waals surface area contributed by atoms with E-state index in [9.17, 15) is 9.59 Å². The number of thiazole rings is 1. The Kier molecular flexibility index (Phi) is 5.59. The lowest BCUT2D eigenvalue weighted by molar-refractivity contribution is 0.0999. The molecule has 31 heavy (non-hydrogen) atoms. The number of carbonyl (C=O) groups is 2. The van der Waals surface area contributed by atoms with Crippen LogP contribution in [0.2, 0.25) is 0 Å². The van der Waals surface area contributed by atoms with E-state index in [-0.39, 0.29) is 11.9 Å². The topological polar surface area (TPSA) is 123 Å². The minimum atomic E-state index is -0.539. The van der Waals surface area contributed by atoms with Crippen LogP contribution in [0.1, 0.15) is 43.6 Å². The minimum Gasteiger partial charge on any atom is -0.366 e. The SMILES string of the molecule is Cc1ncc(C(=O)Nc2cccc([C@@H](C)Nc3ncnc4c(C(N)=O)cccc34)c2)s1. The van der Waals surface area contributed by atoms with E-state index in [2.05, 4.69) is 25.6 Å². The summed E-state index contributed by atoms with van der Waals surface area (Å²) in [6.45, 7) is 3.85. The highest BCUT2D eigenvalue weighted by atomic mass is 32.1. The van der Waals surface area contributed by atoms with E-state index in [4.69, 9.17) is 5.73 Å². The zero-order valence-corrected chi connectivity index (χ0v) is 17.7. The molecule has 0 saturated carbocycles. The fraction of sp³-hybridized carbons (Fsp3) is 0.136. The predicted octanol–water partition coefficient (Wildman–Crippen LogP) is 3.92. The number of primary amides is 1. The molecular formula is C22H20N6O2S. The third kappa shape index (κ3) is 4.36. The number of nitrogens with zero attached hydrogens (tertiary/aromatic N) is 3. The zero-order chi connectivity index (χ0) is 22.0. The second-order valence-corrected chi connectivity index (χ2v) is 8.21. The molecule has 0 aliphatic rings. The first-order chi connectivity index (χ1) is 14.9. The quantitative estimate of drug-likeness (QED) is 0.424. The number of anilines is 2. The Bertz CT molecular complexity index is 1290. The number of benzene rings is 2. The molecule has 4 N–H and O–H groups in total. The minimum absolute atomic E-state index is 0.127. The van der Waals surface area contributed by atoms with Crippen molar-refractivity contribution in [2.24, 2.45) is 5.73 Å². The Balaban J connectivity index is 1.56. The van der Waals surface area contributed by atoms with Gasteiger partial charge in [-0.25, -0.2) is 15.0 Å². The summed E-state index contributed by atoms with van der Waals surface area (Å²) in [5, 5.41) is 7.81. The van der Waals surface area contributed by atoms with Crippen molar-refractivity contribution >= 4 is 45.6 Å². The maximum absolute atomic E-state index is 12.4. The second-order valence-electron chi connectivity index (χ2n) is 6.98. The van der Waals surface area contributed by atoms with Crippen molar-refractivity contribution in [2.45, 2.75) is 19.9 Å². The van der Waals surface area contributed by atoms with Crippen LogP contribution in [-0.2, 0) is 0 Å². The van der Waals surface area contributed by atoms with Gasteiger partial charge in [-0.1, -0.05) is 18.2 Å². The fourth-order valence-electron chi connectivity index (χ4n) is 3.23. The van der Waals surface area contributed by atoms with Gasteiger partial charge in [-0.15, -0.1) is 11.3 Å². The smallest absolute Gasteiger partial charge is 0.267 e. The number of fused-ring (bicyclic) bond motifs is 1. The molecule has 9 heteroatoms. The molecule has 0 bridgehead atoms. The maximum Gasteiger partial charge on any atom is 0.267 e. The molecule has 0 saturated heterocycles. The third-order valence-electron chi connectivity index (χ3n) is 4.77. The summed E-state index contributed by atoms with van der Waals surface area (Å²) < 4.78 is 0. The normalized spacial score (nSPS) is 11.8. The number of nitrogens with two attached hydrogens (primary N) is 1. The van der Waals surface area contributed by atoms with Gasteiger partial charge >= 0.3 is 0 Å². The van der Waals surface area contributed by atoms with Gasteiger partial charge in [0.05, 0.1) is 28.3 Å². The number of hydrogen-bond donors (Lipinski definition) is 3. The molecule has 2 amide bonds. The van der Waals surface area contributed by atoms with E-state index in [1.807, 2.05) is 44.2 Å². The Morgan fingerprint density at radius 2 is 1.90 bits per heavy atom. The van der Waals surface area contributed by atoms with E-state index >= 15 is 0 Å². The number of rotatable bonds is 6. The number of amides is 2. The molecule has 0 spiro atoms. The molecule has 156 valence electrons. The Labute approximate surface area is 182 Å². The number of aromatic nitrogens is 3. The van der Waals surface area contributed by atoms with E-state index in [0.717, 1.165) is 10.6 Å². The van der Waals surface area contributed by atoms with Crippen LogP contribution in [0, 0.1) is 6.92 Å². The lowest BCUT2D eigenvalue weighted by Gasteiger charge is -2.17. The van der Waals surface area contributed by atoms with Crippen LogP contribution in [-0.4, -0.2) is 26.8 Å². The Morgan fingerprint density at radius 3 is 2.65 bits per heavy atom. The predicted molar refractivity (Wildman–Crippen MR) is 121 cm³/mol. The van der Waals surface area contributed by atoms with Crippen molar-refractivity contribution in [1.82, 2.24) is 15.0 Å². The summed E-state index contributed by atoms with van der Waals surface area (Å²) in [6.07, 6.45) is 2.97. The lowest BCUT2D eigenvalue weighted by atomic mass is 10.1. The largest absolute Gasteiger partial charge is 0.366 e. The number of hydrogen-bond acceptors (Lipinski definition) is 7. The molecule has 2 aromatic heterocycles. The molecule has 0 fully saturated rings. The van der Waals surface area contributed by atoms with Crippen LogP contribution < -0.4 is 16.4 Å². The summed E-state index contributed by atoms with van der Waals surface area (Å²) in [5.41, 5.74) is 7.95. The van der Waals surface area contributed by atoms with Gasteiger partial charge in [0.15, 0.2) is 0 Å². The highest BCUT2D eigenvalue weighted by molar-refractivity contribution is 7.13. The Morgan fingerprint density at radius 1 is 1.10 bits per heavy atom. The van der Waals surface area contributed by atoms with Gasteiger partial charge in [-0.3, -0.25) is 9.59 Å². The molecule has 0 radical (unpaired) electrons. The average molecular weight is 433 g/mol. The van der Waals surface area contributed by atoms with Gasteiger partial charge in [-0.2, -0.15) is 0 Å². The van der Waals surface area contributed by atoms with Crippen LogP contribution in [0.3, 0.4) is 0 Å². The highest BCUT2D eigenvalue weighted by Crippen LogP contribution is 2.27. The molecular weight excluding hydrogens is 412 g/mol. The van der Waals surface area contributed by atoms with Gasteiger partial charge in [0.1, 0.15) is 17.0 Å². The van der Waals surface area contributed by atoms with Crippen molar-refractivity contribution < 1.29 is 9.59 Å². The van der Waals surface area contributed by atoms with Crippen molar-refractivity contribution in [3.63, 3.8) is 0 Å². The monoisotopic (exact) mass is 432 g/mol. The van der Waals surface area contributed by atoms with Crippen LogP contribution in [0.15, 0.2) is 55.0 Å². The van der Waals surface area contributed by atoms with Crippen LogP contribution in [0.4, 0.5) is 11.5 Å². The van der Waals surface area contributed by atoms with E-state index in [1.54, 1.807) is 18.3 Å². The lowest BCUT2D eigenvalue weighted by Crippen LogP contribution is -2.14. The van der Waals surface area contributed by atoms with E-state index in [1.165, 1.54) is 17.7 Å². The first-order valence-electron chi connectivity index (χ1n) is 9.56. The van der Waals surface area contributed by atoms with Crippen LogP contribution in [0.25, 0.3) is 10.9 Å². The van der Waals surface area contributed by atoms with E-state index < -0.39 is 5.91 Å². The molecule has 4 aromatic rings. The first-order valence-corrected chi connectivity index (χ1v) is 10.4. The molecule has 8 nitrogen and oxygen atoms in total. The fourth-order valence-corrected chi connectivity index (χ4v) is 3.91. The number of nitrogens with one attached hydrogen (secondary N) is 2. The molecule has 0 aliphatic heterocycles. The number of aryl methyl sites for hydroxylation is 1. The molecule has 2 heterocycles. The molecule has 0 aliphatic carbocycles. The summed E-state index contributed by atoms with van der Waals surface area (Å²) in [6, 6.07) is 12.7. The van der Waals surface area contributed by atoms with Crippen molar-refractivity contribution in [1.29, 1.82) is 0 Å². The van der Waals surface area contributed by atoms with Crippen LogP contribution >= 0.6 is 11.3 Å². The van der Waals surface area contributed by atoms with Crippen molar-refractivity contribution in [3.8, 4) is 0 Å². The number of para-hydroxylation sites is 1. The number of carbonyl (C=O) groups excluding carboxylic acids is 2. The summed E-state index contributed by atoms with van der Waals surface area (Å²) in [7, 11) is 0. The summed E-state index contributed by atoms with van der Waals surface area (Å²) in [5.74, 6) is -0.137. The van der Waals surface area contributed by atoms with Gasteiger partial charge in [0, 0.05) is 11.1 Å². The zero-order valence-electron chi connectivity index (χ0n) is 16.9. The molecule has 4 rings (SSSR count). The second kappa shape index (κ2) is 8.49.